The summed E-state index contributed by atoms with van der Waals surface area (Å²) in [5.41, 5.74) is 7.67. The fourth-order valence-corrected chi connectivity index (χ4v) is 1.66. The molecule has 0 aliphatic carbocycles. The number of nitrogens with zero attached hydrogens (tertiary/aromatic N) is 1. The zero-order valence-electron chi connectivity index (χ0n) is 8.24. The molecule has 0 aromatic rings. The average Bonchev–Trinajstić information content (AvgIpc) is 2.15. The van der Waals surface area contributed by atoms with Crippen LogP contribution in [0.5, 0.6) is 0 Å². The molecular formula is C8H18N4O2. The van der Waals surface area contributed by atoms with Crippen LogP contribution in [0.4, 0.5) is 0 Å². The monoisotopic (exact) mass is 202 g/mol. The normalized spacial score (nSPS) is 23.4. The molecule has 0 spiro atoms. The summed E-state index contributed by atoms with van der Waals surface area (Å²) in [5, 5.41) is 0. The van der Waals surface area contributed by atoms with Crippen molar-refractivity contribution in [2.45, 2.75) is 25.3 Å². The van der Waals surface area contributed by atoms with Crippen LogP contribution in [0.3, 0.4) is 0 Å². The molecule has 82 valence electrons. The van der Waals surface area contributed by atoms with E-state index in [1.54, 1.807) is 0 Å². The largest absolute Gasteiger partial charge is 0.356 e. The Kier molecular flexibility index (Phi) is 4.81. The average molecular weight is 202 g/mol. The summed E-state index contributed by atoms with van der Waals surface area (Å²) >= 11 is 0. The van der Waals surface area contributed by atoms with Crippen LogP contribution in [0.25, 0.3) is 0 Å². The summed E-state index contributed by atoms with van der Waals surface area (Å²) in [6.07, 6.45) is 2.52. The molecular weight excluding hydrogens is 184 g/mol. The smallest absolute Gasteiger partial charge is 0.327 e. The molecule has 0 radical (unpaired) electrons. The van der Waals surface area contributed by atoms with E-state index in [0.29, 0.717) is 13.0 Å². The minimum Gasteiger partial charge on any atom is -0.356 e. The summed E-state index contributed by atoms with van der Waals surface area (Å²) in [7, 11) is 0. The molecule has 1 atom stereocenters. The highest BCUT2D eigenvalue weighted by Crippen LogP contribution is 2.08. The first kappa shape index (κ1) is 11.4. The fourth-order valence-electron chi connectivity index (χ4n) is 1.66. The molecule has 0 aromatic heterocycles. The summed E-state index contributed by atoms with van der Waals surface area (Å²) in [5.74, 6) is 4.49. The Morgan fingerprint density at radius 2 is 2.43 bits per heavy atom. The van der Waals surface area contributed by atoms with Crippen molar-refractivity contribution in [3.8, 4) is 0 Å². The van der Waals surface area contributed by atoms with Gasteiger partial charge >= 0.3 is 5.97 Å². The van der Waals surface area contributed by atoms with E-state index in [2.05, 4.69) is 9.74 Å². The summed E-state index contributed by atoms with van der Waals surface area (Å²) in [6, 6.07) is 0.243. The highest BCUT2D eigenvalue weighted by atomic mass is 16.7. The van der Waals surface area contributed by atoms with Gasteiger partial charge in [-0.05, 0) is 19.4 Å². The molecule has 0 bridgehead atoms. The van der Waals surface area contributed by atoms with Crippen molar-refractivity contribution in [3.05, 3.63) is 0 Å². The molecule has 1 heterocycles. The molecule has 1 unspecified atom stereocenters. The Labute approximate surface area is 83.5 Å². The number of carbonyl (C=O) groups excluding carboxylic acids is 1. The minimum absolute atomic E-state index is 0.243. The van der Waals surface area contributed by atoms with Gasteiger partial charge in [0, 0.05) is 19.1 Å². The zero-order valence-corrected chi connectivity index (χ0v) is 8.24. The molecule has 6 nitrogen and oxygen atoms in total. The Morgan fingerprint density at radius 3 is 3.07 bits per heavy atom. The lowest BCUT2D eigenvalue weighted by Gasteiger charge is -2.30. The van der Waals surface area contributed by atoms with Crippen molar-refractivity contribution in [3.63, 3.8) is 0 Å². The van der Waals surface area contributed by atoms with E-state index < -0.39 is 0 Å². The van der Waals surface area contributed by atoms with E-state index in [-0.39, 0.29) is 12.0 Å². The second-order valence-electron chi connectivity index (χ2n) is 3.54. The summed E-state index contributed by atoms with van der Waals surface area (Å²) in [6.45, 7) is 2.56. The van der Waals surface area contributed by atoms with Gasteiger partial charge < -0.3 is 15.5 Å². The van der Waals surface area contributed by atoms with Crippen LogP contribution in [0.2, 0.25) is 0 Å². The highest BCUT2D eigenvalue weighted by Gasteiger charge is 2.17. The number of rotatable bonds is 4. The number of hydrogen-bond acceptors (Lipinski definition) is 6. The molecule has 1 aliphatic heterocycles. The molecule has 1 aliphatic rings. The number of hydrazine groups is 1. The molecule has 1 fully saturated rings. The fraction of sp³-hybridized carbons (Fsp3) is 0.875. The van der Waals surface area contributed by atoms with Crippen LogP contribution >= 0.6 is 0 Å². The van der Waals surface area contributed by atoms with Gasteiger partial charge in [0.1, 0.15) is 0 Å². The maximum absolute atomic E-state index is 10.9. The van der Waals surface area contributed by atoms with Crippen LogP contribution in [0, 0.1) is 0 Å². The molecule has 0 amide bonds. The van der Waals surface area contributed by atoms with E-state index >= 15 is 0 Å². The second-order valence-corrected chi connectivity index (χ2v) is 3.54. The Hall–Kier alpha value is -0.690. The first-order valence-electron chi connectivity index (χ1n) is 4.85. The van der Waals surface area contributed by atoms with Crippen LogP contribution in [0.15, 0.2) is 0 Å². The molecule has 1 saturated heterocycles. The predicted molar refractivity (Wildman–Crippen MR) is 51.7 cm³/mol. The lowest BCUT2D eigenvalue weighted by molar-refractivity contribution is -0.151. The van der Waals surface area contributed by atoms with Crippen molar-refractivity contribution < 1.29 is 9.63 Å². The van der Waals surface area contributed by atoms with Gasteiger partial charge in [0.15, 0.2) is 0 Å². The highest BCUT2D eigenvalue weighted by molar-refractivity contribution is 5.69. The minimum atomic E-state index is -0.341. The van der Waals surface area contributed by atoms with Gasteiger partial charge in [0.2, 0.25) is 0 Å². The van der Waals surface area contributed by atoms with Gasteiger partial charge in [-0.3, -0.25) is 4.79 Å². The second kappa shape index (κ2) is 5.92. The van der Waals surface area contributed by atoms with Gasteiger partial charge in [0.05, 0.1) is 6.42 Å². The van der Waals surface area contributed by atoms with Crippen LogP contribution in [-0.4, -0.2) is 36.5 Å². The lowest BCUT2D eigenvalue weighted by Crippen LogP contribution is -2.43. The molecule has 14 heavy (non-hydrogen) atoms. The Morgan fingerprint density at radius 1 is 1.64 bits per heavy atom. The third-order valence-electron chi connectivity index (χ3n) is 2.35. The van der Waals surface area contributed by atoms with Gasteiger partial charge in [-0.25, -0.2) is 5.84 Å². The van der Waals surface area contributed by atoms with Crippen LogP contribution in [-0.2, 0) is 9.63 Å². The molecule has 0 aromatic carbocycles. The van der Waals surface area contributed by atoms with Crippen molar-refractivity contribution >= 4 is 5.97 Å². The lowest BCUT2D eigenvalue weighted by atomic mass is 10.1. The standard InChI is InChI=1S/C8H18N4O2/c9-7-2-1-4-12(6-7)5-3-8(13)14-11-10/h7,11H,1-6,9-10H2. The molecule has 6 heteroatoms. The maximum Gasteiger partial charge on any atom is 0.327 e. The number of piperidine rings is 1. The summed E-state index contributed by atoms with van der Waals surface area (Å²) in [4.78, 5) is 17.5. The maximum atomic E-state index is 10.9. The number of likely N-dealkylation sites (tertiary alicyclic amines) is 1. The number of hydrogen-bond donors (Lipinski definition) is 3. The van der Waals surface area contributed by atoms with Crippen molar-refractivity contribution in [1.82, 2.24) is 10.5 Å². The Bertz CT molecular complexity index is 188. The molecule has 1 rings (SSSR count). The van der Waals surface area contributed by atoms with Gasteiger partial charge in [-0.1, -0.05) is 5.59 Å². The molecule has 5 N–H and O–H groups in total. The number of nitrogens with two attached hydrogens (primary N) is 2. The van der Waals surface area contributed by atoms with Crippen molar-refractivity contribution in [2.75, 3.05) is 19.6 Å². The van der Waals surface area contributed by atoms with Crippen molar-refractivity contribution in [2.24, 2.45) is 11.6 Å². The first-order valence-corrected chi connectivity index (χ1v) is 4.85. The predicted octanol–water partition coefficient (Wildman–Crippen LogP) is -1.28. The van der Waals surface area contributed by atoms with E-state index in [0.717, 1.165) is 25.9 Å². The number of nitrogens with one attached hydrogen (secondary N) is 1. The van der Waals surface area contributed by atoms with E-state index in [4.69, 9.17) is 11.6 Å². The van der Waals surface area contributed by atoms with Gasteiger partial charge in [-0.2, -0.15) is 0 Å². The SMILES string of the molecule is NNOC(=O)CCN1CCCC(N)C1. The third-order valence-corrected chi connectivity index (χ3v) is 2.35. The van der Waals surface area contributed by atoms with Crippen LogP contribution < -0.4 is 17.2 Å². The van der Waals surface area contributed by atoms with Crippen molar-refractivity contribution in [1.29, 1.82) is 0 Å². The van der Waals surface area contributed by atoms with E-state index in [9.17, 15) is 4.79 Å². The van der Waals surface area contributed by atoms with E-state index in [1.165, 1.54) is 0 Å². The van der Waals surface area contributed by atoms with Crippen LogP contribution in [0.1, 0.15) is 19.3 Å². The summed E-state index contributed by atoms with van der Waals surface area (Å²) < 4.78 is 0. The van der Waals surface area contributed by atoms with Gasteiger partial charge in [-0.15, -0.1) is 0 Å². The first-order chi connectivity index (χ1) is 6.72. The quantitative estimate of drug-likeness (QED) is 0.388. The third kappa shape index (κ3) is 4.01. The van der Waals surface area contributed by atoms with Gasteiger partial charge in [0.25, 0.3) is 0 Å². The van der Waals surface area contributed by atoms with E-state index in [1.807, 2.05) is 5.59 Å². The topological polar surface area (TPSA) is 93.6 Å². The number of carbonyl (C=O) groups is 1. The zero-order chi connectivity index (χ0) is 10.4. The Balaban J connectivity index is 2.14. The molecule has 0 saturated carbocycles.